The summed E-state index contributed by atoms with van der Waals surface area (Å²) in [7, 11) is -4.12. The molecule has 0 radical (unpaired) electrons. The Balaban J connectivity index is 1.63. The highest BCUT2D eigenvalue weighted by Gasteiger charge is 2.66. The van der Waals surface area contributed by atoms with Crippen molar-refractivity contribution in [1.29, 1.82) is 0 Å². The molecule has 0 amide bonds. The first-order chi connectivity index (χ1) is 19.0. The monoisotopic (exact) mass is 598 g/mol. The summed E-state index contributed by atoms with van der Waals surface area (Å²) in [6.07, 6.45) is 9.31. The van der Waals surface area contributed by atoms with Crippen LogP contribution in [0.1, 0.15) is 72.4 Å². The number of piperidine rings is 1. The summed E-state index contributed by atoms with van der Waals surface area (Å²) in [5.74, 6) is 7.81. The van der Waals surface area contributed by atoms with E-state index in [0.717, 1.165) is 37.3 Å². The van der Waals surface area contributed by atoms with Crippen LogP contribution in [0.5, 0.6) is 11.5 Å². The normalized spacial score (nSPS) is 30.2. The summed E-state index contributed by atoms with van der Waals surface area (Å²) in [4.78, 5) is 7.41. The van der Waals surface area contributed by atoms with Crippen LogP contribution in [0.3, 0.4) is 0 Å². The molecule has 2 aliphatic heterocycles. The predicted octanol–water partition coefficient (Wildman–Crippen LogP) is 6.50. The lowest BCUT2D eigenvalue weighted by atomic mass is 9.53. The Kier molecular flexibility index (Phi) is 7.67. The van der Waals surface area contributed by atoms with E-state index in [1.807, 2.05) is 0 Å². The van der Waals surface area contributed by atoms with Gasteiger partial charge in [-0.25, -0.2) is 5.84 Å². The quantitative estimate of drug-likeness (QED) is 0.0888. The zero-order chi connectivity index (χ0) is 30.2. The first kappa shape index (κ1) is 30.8. The van der Waals surface area contributed by atoms with Crippen LogP contribution in [0.4, 0.5) is 0 Å². The second-order valence-electron chi connectivity index (χ2n) is 15.7. The van der Waals surface area contributed by atoms with Crippen LogP contribution in [0, 0.1) is 5.92 Å². The third-order valence-electron chi connectivity index (χ3n) is 11.4. The summed E-state index contributed by atoms with van der Waals surface area (Å²) >= 11 is 0. The van der Waals surface area contributed by atoms with E-state index in [-0.39, 0.29) is 33.9 Å². The second-order valence-corrected chi connectivity index (χ2v) is 25.2. The molecule has 1 saturated heterocycles. The average Bonchev–Trinajstić information content (AvgIpc) is 3.21. The van der Waals surface area contributed by atoms with Gasteiger partial charge in [0.15, 0.2) is 14.1 Å². The second kappa shape index (κ2) is 10.2. The van der Waals surface area contributed by atoms with Crippen LogP contribution in [0.25, 0.3) is 0 Å². The molecule has 1 fully saturated rings. The van der Waals surface area contributed by atoms with E-state index >= 15 is 0 Å². The Morgan fingerprint density at radius 2 is 1.80 bits per heavy atom. The van der Waals surface area contributed by atoms with Gasteiger partial charge in [0.05, 0.1) is 6.34 Å². The summed E-state index contributed by atoms with van der Waals surface area (Å²) in [5, 5.41) is 0.215. The van der Waals surface area contributed by atoms with Gasteiger partial charge in [0.2, 0.25) is 0 Å². The molecule has 228 valence electrons. The largest absolute Gasteiger partial charge is 0.541 e. The van der Waals surface area contributed by atoms with Crippen molar-refractivity contribution in [2.75, 3.05) is 6.54 Å². The molecule has 3 N–H and O–H groups in total. The lowest BCUT2D eigenvalue weighted by Gasteiger charge is -2.59. The SMILES string of the molecule is CCC(N=CNN)N1CC[C@]23c4c5ccc(O[Si](C)(C)C(C)(C)C)c4OC2C(O[Si](C)(C)C(C)(C)C)C=C[C@H]3[C@H]1C5. The summed E-state index contributed by atoms with van der Waals surface area (Å²) < 4.78 is 21.3. The van der Waals surface area contributed by atoms with E-state index in [1.165, 1.54) is 11.1 Å². The molecule has 0 saturated carbocycles. The van der Waals surface area contributed by atoms with Crippen molar-refractivity contribution in [2.24, 2.45) is 16.8 Å². The Labute approximate surface area is 250 Å². The molecule has 2 aliphatic carbocycles. The molecule has 6 atom stereocenters. The van der Waals surface area contributed by atoms with E-state index < -0.39 is 16.6 Å². The molecule has 3 unspecified atom stereocenters. The standard InChI is InChI=1S/C32H54N4O3Si2/c1-12-26(34-20-35-33)36-18-17-32-22-14-16-25(39-41(10,11)31(5,6)7)29(32)37-28-24(38-40(8,9)30(2,3)4)15-13-21(27(28)32)19-23(22)36/h13-16,20,22-23,25-26,29H,12,17-19,33H2,1-11H3,(H,34,35)/t22-,23+,25?,26?,29?,32-/m0/s1. The van der Waals surface area contributed by atoms with Crippen LogP contribution in [0.2, 0.25) is 36.3 Å². The van der Waals surface area contributed by atoms with Crippen LogP contribution in [-0.2, 0) is 16.3 Å². The maximum absolute atomic E-state index is 7.19. The topological polar surface area (TPSA) is 81.3 Å². The number of hydrazine groups is 1. The smallest absolute Gasteiger partial charge is 0.250 e. The van der Waals surface area contributed by atoms with Crippen molar-refractivity contribution >= 4 is 23.0 Å². The number of nitrogens with two attached hydrogens (primary N) is 1. The van der Waals surface area contributed by atoms with Crippen molar-refractivity contribution in [3.63, 3.8) is 0 Å². The predicted molar refractivity (Wildman–Crippen MR) is 174 cm³/mol. The van der Waals surface area contributed by atoms with Crippen LogP contribution >= 0.6 is 0 Å². The highest BCUT2D eigenvalue weighted by molar-refractivity contribution is 6.75. The number of nitrogens with zero attached hydrogens (tertiary/aromatic N) is 2. The summed E-state index contributed by atoms with van der Waals surface area (Å²) in [5.41, 5.74) is 5.27. The Morgan fingerprint density at radius 3 is 2.41 bits per heavy atom. The maximum atomic E-state index is 7.19. The van der Waals surface area contributed by atoms with E-state index in [2.05, 4.69) is 109 Å². The number of nitrogens with one attached hydrogen (secondary N) is 1. The molecule has 1 aromatic carbocycles. The molecular formula is C32H54N4O3Si2. The molecule has 41 heavy (non-hydrogen) atoms. The van der Waals surface area contributed by atoms with Gasteiger partial charge in [-0.1, -0.05) is 66.7 Å². The van der Waals surface area contributed by atoms with Crippen LogP contribution in [0.15, 0.2) is 29.3 Å². The minimum atomic E-state index is -2.07. The molecule has 1 aromatic rings. The van der Waals surface area contributed by atoms with Crippen molar-refractivity contribution in [3.05, 3.63) is 35.4 Å². The van der Waals surface area contributed by atoms with E-state index in [1.54, 1.807) is 6.34 Å². The van der Waals surface area contributed by atoms with Gasteiger partial charge in [-0.05, 0) is 67.2 Å². The van der Waals surface area contributed by atoms with Gasteiger partial charge in [-0.15, -0.1) is 0 Å². The Bertz CT molecular complexity index is 1220. The summed E-state index contributed by atoms with van der Waals surface area (Å²) in [6.45, 7) is 26.4. The van der Waals surface area contributed by atoms with Gasteiger partial charge in [0.1, 0.15) is 24.1 Å². The highest BCUT2D eigenvalue weighted by Crippen LogP contribution is 2.64. The average molecular weight is 599 g/mol. The summed E-state index contributed by atoms with van der Waals surface area (Å²) in [6, 6.07) is 4.86. The van der Waals surface area contributed by atoms with Gasteiger partial charge in [-0.2, -0.15) is 0 Å². The van der Waals surface area contributed by atoms with Gasteiger partial charge < -0.3 is 19.0 Å². The number of benzene rings is 1. The third kappa shape index (κ3) is 4.84. The fourth-order valence-electron chi connectivity index (χ4n) is 7.11. The number of hydrogen-bond acceptors (Lipinski definition) is 6. The molecule has 2 heterocycles. The van der Waals surface area contributed by atoms with Crippen molar-refractivity contribution in [2.45, 2.75) is 134 Å². The zero-order valence-electron chi connectivity index (χ0n) is 27.3. The van der Waals surface area contributed by atoms with Crippen LogP contribution in [-0.4, -0.2) is 58.8 Å². The van der Waals surface area contributed by atoms with E-state index in [4.69, 9.17) is 24.4 Å². The lowest BCUT2D eigenvalue weighted by Crippen LogP contribution is -2.67. The van der Waals surface area contributed by atoms with E-state index in [0.29, 0.717) is 12.0 Å². The maximum Gasteiger partial charge on any atom is 0.250 e. The third-order valence-corrected chi connectivity index (χ3v) is 20.2. The van der Waals surface area contributed by atoms with Crippen molar-refractivity contribution in [1.82, 2.24) is 10.3 Å². The molecule has 7 nitrogen and oxygen atoms in total. The molecule has 2 bridgehead atoms. The fourth-order valence-corrected chi connectivity index (χ4v) is 9.36. The Hall–Kier alpha value is -1.66. The van der Waals surface area contributed by atoms with Gasteiger partial charge in [0.25, 0.3) is 8.32 Å². The molecule has 1 spiro atoms. The number of rotatable bonds is 8. The first-order valence-corrected chi connectivity index (χ1v) is 21.4. The molecule has 0 aromatic heterocycles. The molecule has 5 rings (SSSR count). The Morgan fingerprint density at radius 1 is 1.12 bits per heavy atom. The van der Waals surface area contributed by atoms with Crippen LogP contribution < -0.4 is 20.4 Å². The highest BCUT2D eigenvalue weighted by atomic mass is 28.4. The molecular weight excluding hydrogens is 545 g/mol. The number of ether oxygens (including phenoxy) is 1. The zero-order valence-corrected chi connectivity index (χ0v) is 29.3. The number of likely N-dealkylation sites (tertiary alicyclic amines) is 1. The van der Waals surface area contributed by atoms with Crippen molar-refractivity contribution < 1.29 is 13.6 Å². The number of aliphatic imine (C=N–C) groups is 1. The minimum absolute atomic E-state index is 0.0659. The van der Waals surface area contributed by atoms with E-state index in [9.17, 15) is 0 Å². The lowest BCUT2D eigenvalue weighted by molar-refractivity contribution is -0.0592. The van der Waals surface area contributed by atoms with Gasteiger partial charge >= 0.3 is 0 Å². The number of hydrogen-bond donors (Lipinski definition) is 2. The van der Waals surface area contributed by atoms with Crippen molar-refractivity contribution in [3.8, 4) is 11.5 Å². The van der Waals surface area contributed by atoms with Gasteiger partial charge in [-0.3, -0.25) is 9.89 Å². The minimum Gasteiger partial charge on any atom is -0.541 e. The fraction of sp³-hybridized carbons (Fsp3) is 0.719. The molecule has 4 aliphatic rings. The van der Waals surface area contributed by atoms with Gasteiger partial charge in [0, 0.05) is 29.5 Å². The first-order valence-electron chi connectivity index (χ1n) is 15.6. The molecule has 9 heteroatoms.